The van der Waals surface area contributed by atoms with Crippen molar-refractivity contribution in [1.29, 1.82) is 0 Å². The molecule has 136 valence electrons. The van der Waals surface area contributed by atoms with Crippen LogP contribution in [0.25, 0.3) is 0 Å². The third kappa shape index (κ3) is 3.45. The Labute approximate surface area is 164 Å². The van der Waals surface area contributed by atoms with Crippen LogP contribution in [0, 0.1) is 0 Å². The topological polar surface area (TPSA) is 92.1 Å². The highest BCUT2D eigenvalue weighted by Gasteiger charge is 2.31. The number of hydrogen-bond acceptors (Lipinski definition) is 6. The van der Waals surface area contributed by atoms with Crippen molar-refractivity contribution in [2.24, 2.45) is 0 Å². The van der Waals surface area contributed by atoms with E-state index in [0.29, 0.717) is 5.16 Å². The van der Waals surface area contributed by atoms with E-state index in [0.717, 1.165) is 21.2 Å². The van der Waals surface area contributed by atoms with Gasteiger partial charge in [0.1, 0.15) is 5.82 Å². The molecule has 0 fully saturated rings. The number of nitrogen functional groups attached to an aromatic ring is 1. The third-order valence-corrected chi connectivity index (χ3v) is 6.13. The lowest BCUT2D eigenvalue weighted by atomic mass is 10.2. The number of fused-ring (bicyclic) bond motifs is 2. The van der Waals surface area contributed by atoms with Crippen molar-refractivity contribution in [1.82, 2.24) is 9.97 Å². The highest BCUT2D eigenvalue weighted by molar-refractivity contribution is 8.00. The first kappa shape index (κ1) is 17.7. The number of benzene rings is 2. The Hall–Kier alpha value is -2.71. The first-order valence-electron chi connectivity index (χ1n) is 8.26. The van der Waals surface area contributed by atoms with Crippen LogP contribution in [-0.2, 0) is 4.79 Å². The van der Waals surface area contributed by atoms with Gasteiger partial charge < -0.3 is 10.7 Å². The number of nitrogens with two attached hydrogens (primary N) is 1. The molecular weight excluding hydrogens is 380 g/mol. The Morgan fingerprint density at radius 2 is 1.74 bits per heavy atom. The van der Waals surface area contributed by atoms with Crippen LogP contribution in [0.2, 0.25) is 0 Å². The molecule has 0 bridgehead atoms. The summed E-state index contributed by atoms with van der Waals surface area (Å²) in [5, 5.41) is -0.145. The molecule has 27 heavy (non-hydrogen) atoms. The number of anilines is 3. The number of H-pyrrole nitrogens is 1. The molecule has 1 amide bonds. The van der Waals surface area contributed by atoms with Crippen molar-refractivity contribution in [3.63, 3.8) is 0 Å². The lowest BCUT2D eigenvalue weighted by Crippen LogP contribution is -2.34. The van der Waals surface area contributed by atoms with E-state index in [-0.39, 0.29) is 17.3 Å². The van der Waals surface area contributed by atoms with Gasteiger partial charge in [-0.2, -0.15) is 0 Å². The van der Waals surface area contributed by atoms with Crippen molar-refractivity contribution in [2.45, 2.75) is 27.1 Å². The quantitative estimate of drug-likeness (QED) is 0.518. The summed E-state index contributed by atoms with van der Waals surface area (Å²) in [5.74, 6) is 0.0382. The van der Waals surface area contributed by atoms with E-state index >= 15 is 0 Å². The Balaban J connectivity index is 1.70. The molecule has 4 rings (SSSR count). The van der Waals surface area contributed by atoms with Gasteiger partial charge in [0.25, 0.3) is 5.56 Å². The molecule has 0 saturated heterocycles. The number of aromatic amines is 1. The van der Waals surface area contributed by atoms with E-state index in [9.17, 15) is 9.59 Å². The highest BCUT2D eigenvalue weighted by atomic mass is 32.2. The van der Waals surface area contributed by atoms with Crippen molar-refractivity contribution in [3.05, 3.63) is 65.0 Å². The zero-order valence-electron chi connectivity index (χ0n) is 14.4. The molecular formula is C19H16N4O2S2. The van der Waals surface area contributed by atoms with Gasteiger partial charge >= 0.3 is 0 Å². The first-order chi connectivity index (χ1) is 13.0. The second-order valence-electron chi connectivity index (χ2n) is 5.95. The summed E-state index contributed by atoms with van der Waals surface area (Å²) < 4.78 is 0. The number of thioether (sulfide) groups is 1. The van der Waals surface area contributed by atoms with Gasteiger partial charge in [-0.05, 0) is 31.2 Å². The van der Waals surface area contributed by atoms with Crippen LogP contribution in [0.1, 0.15) is 6.92 Å². The number of carbonyl (C=O) groups is 1. The van der Waals surface area contributed by atoms with Crippen LogP contribution < -0.4 is 16.2 Å². The maximum absolute atomic E-state index is 13.3. The summed E-state index contributed by atoms with van der Waals surface area (Å²) in [4.78, 5) is 35.5. The van der Waals surface area contributed by atoms with E-state index in [4.69, 9.17) is 5.73 Å². The summed E-state index contributed by atoms with van der Waals surface area (Å²) in [6, 6.07) is 16.9. The van der Waals surface area contributed by atoms with E-state index in [2.05, 4.69) is 9.97 Å². The number of carbonyl (C=O) groups excluding carboxylic acids is 1. The number of aromatic nitrogens is 2. The fourth-order valence-electron chi connectivity index (χ4n) is 2.85. The minimum absolute atomic E-state index is 0.0923. The molecule has 0 radical (unpaired) electrons. The van der Waals surface area contributed by atoms with E-state index in [1.54, 1.807) is 23.6 Å². The summed E-state index contributed by atoms with van der Waals surface area (Å²) >= 11 is 2.82. The SMILES string of the molecule is C[C@@H](Sc1nc(N)cc(=O)[nH]1)C(=O)N1c2ccccc2Sc2ccccc21. The molecule has 3 aromatic rings. The molecule has 1 atom stereocenters. The molecule has 6 nitrogen and oxygen atoms in total. The summed E-state index contributed by atoms with van der Waals surface area (Å²) in [7, 11) is 0. The van der Waals surface area contributed by atoms with Crippen molar-refractivity contribution < 1.29 is 4.79 Å². The van der Waals surface area contributed by atoms with Crippen LogP contribution in [0.3, 0.4) is 0 Å². The minimum Gasteiger partial charge on any atom is -0.383 e. The van der Waals surface area contributed by atoms with Crippen molar-refractivity contribution >= 4 is 46.6 Å². The van der Waals surface area contributed by atoms with Crippen LogP contribution in [0.4, 0.5) is 17.2 Å². The number of hydrogen-bond donors (Lipinski definition) is 2. The van der Waals surface area contributed by atoms with Crippen LogP contribution in [-0.4, -0.2) is 21.1 Å². The average molecular weight is 396 g/mol. The molecule has 0 spiro atoms. The van der Waals surface area contributed by atoms with Gasteiger partial charge in [0, 0.05) is 15.9 Å². The maximum Gasteiger partial charge on any atom is 0.253 e. The Morgan fingerprint density at radius 3 is 2.33 bits per heavy atom. The van der Waals surface area contributed by atoms with Gasteiger partial charge in [-0.25, -0.2) is 4.98 Å². The second kappa shape index (κ2) is 7.13. The number of amides is 1. The molecule has 0 unspecified atom stereocenters. The van der Waals surface area contributed by atoms with Gasteiger partial charge in [0.15, 0.2) is 5.16 Å². The molecule has 2 aromatic carbocycles. The smallest absolute Gasteiger partial charge is 0.253 e. The van der Waals surface area contributed by atoms with E-state index in [1.165, 1.54) is 17.8 Å². The zero-order valence-corrected chi connectivity index (χ0v) is 16.0. The summed E-state index contributed by atoms with van der Waals surface area (Å²) in [6.45, 7) is 1.79. The van der Waals surface area contributed by atoms with Crippen LogP contribution >= 0.6 is 23.5 Å². The molecule has 0 aliphatic carbocycles. The van der Waals surface area contributed by atoms with Crippen LogP contribution in [0.15, 0.2) is 74.3 Å². The predicted molar refractivity (Wildman–Crippen MR) is 109 cm³/mol. The highest BCUT2D eigenvalue weighted by Crippen LogP contribution is 2.48. The predicted octanol–water partition coefficient (Wildman–Crippen LogP) is 3.66. The van der Waals surface area contributed by atoms with E-state index in [1.807, 2.05) is 48.5 Å². The van der Waals surface area contributed by atoms with Gasteiger partial charge in [-0.1, -0.05) is 47.8 Å². The number of para-hydroxylation sites is 2. The third-order valence-electron chi connectivity index (χ3n) is 4.03. The summed E-state index contributed by atoms with van der Waals surface area (Å²) in [5.41, 5.74) is 7.01. The van der Waals surface area contributed by atoms with Crippen molar-refractivity contribution in [3.8, 4) is 0 Å². The van der Waals surface area contributed by atoms with Gasteiger partial charge in [0.2, 0.25) is 5.91 Å². The monoisotopic (exact) mass is 396 g/mol. The molecule has 2 heterocycles. The normalized spacial score (nSPS) is 13.6. The van der Waals surface area contributed by atoms with Gasteiger partial charge in [-0.15, -0.1) is 0 Å². The zero-order chi connectivity index (χ0) is 19.0. The Kier molecular flexibility index (Phi) is 4.67. The molecule has 1 aliphatic rings. The number of nitrogens with zero attached hydrogens (tertiary/aromatic N) is 2. The molecule has 1 aromatic heterocycles. The lowest BCUT2D eigenvalue weighted by molar-refractivity contribution is -0.117. The fourth-order valence-corrected chi connectivity index (χ4v) is 4.77. The maximum atomic E-state index is 13.3. The summed E-state index contributed by atoms with van der Waals surface area (Å²) in [6.07, 6.45) is 0. The molecule has 3 N–H and O–H groups in total. The number of nitrogens with one attached hydrogen (secondary N) is 1. The minimum atomic E-state index is -0.473. The van der Waals surface area contributed by atoms with E-state index < -0.39 is 5.25 Å². The van der Waals surface area contributed by atoms with Crippen LogP contribution in [0.5, 0.6) is 0 Å². The largest absolute Gasteiger partial charge is 0.383 e. The van der Waals surface area contributed by atoms with Crippen molar-refractivity contribution in [2.75, 3.05) is 10.6 Å². The Bertz CT molecular complexity index is 1040. The standard InChI is InChI=1S/C19H16N4O2S2/c1-11(26-19-21-16(20)10-17(24)22-19)18(25)23-12-6-2-4-8-14(12)27-15-9-5-3-7-13(15)23/h2-11H,1H3,(H3,20,21,22,24)/t11-/m1/s1. The molecule has 0 saturated carbocycles. The fraction of sp³-hybridized carbons (Fsp3) is 0.105. The van der Waals surface area contributed by atoms with Gasteiger partial charge in [-0.3, -0.25) is 14.5 Å². The average Bonchev–Trinajstić information content (AvgIpc) is 2.64. The molecule has 1 aliphatic heterocycles. The number of rotatable bonds is 3. The molecule has 8 heteroatoms. The first-order valence-corrected chi connectivity index (χ1v) is 9.96. The second-order valence-corrected chi connectivity index (χ2v) is 8.36. The Morgan fingerprint density at radius 1 is 1.15 bits per heavy atom. The van der Waals surface area contributed by atoms with Gasteiger partial charge in [0.05, 0.1) is 16.6 Å². The lowest BCUT2D eigenvalue weighted by Gasteiger charge is -2.32.